The van der Waals surface area contributed by atoms with Gasteiger partial charge in [-0.05, 0) is 79.2 Å². The Morgan fingerprint density at radius 3 is 1.16 bits per heavy atom. The van der Waals surface area contributed by atoms with Crippen molar-refractivity contribution < 1.29 is 78.8 Å². The van der Waals surface area contributed by atoms with E-state index in [0.717, 1.165) is 42.4 Å². The van der Waals surface area contributed by atoms with Crippen molar-refractivity contribution in [3.05, 3.63) is 151 Å². The van der Waals surface area contributed by atoms with Crippen LogP contribution in [0.2, 0.25) is 0 Å². The summed E-state index contributed by atoms with van der Waals surface area (Å²) in [5, 5.41) is 56.1. The highest BCUT2D eigenvalue weighted by atomic mass is 79.9. The zero-order valence-corrected chi connectivity index (χ0v) is 51.5. The van der Waals surface area contributed by atoms with Crippen molar-refractivity contribution in [2.75, 3.05) is 20.3 Å². The summed E-state index contributed by atoms with van der Waals surface area (Å²) in [6, 6.07) is 37.6. The minimum absolute atomic E-state index is 0.0269. The molecule has 0 aromatic heterocycles. The van der Waals surface area contributed by atoms with Gasteiger partial charge in [0, 0.05) is 13.0 Å². The lowest BCUT2D eigenvalue weighted by molar-refractivity contribution is -0.138. The van der Waals surface area contributed by atoms with Crippen LogP contribution in [0.25, 0.3) is 0 Å². The fourth-order valence-electron chi connectivity index (χ4n) is 7.20. The third kappa shape index (κ3) is 34.5. The van der Waals surface area contributed by atoms with Crippen LogP contribution in [0.4, 0.5) is 0 Å². The van der Waals surface area contributed by atoms with Crippen LogP contribution in [0.3, 0.4) is 0 Å². The smallest absolute Gasteiger partial charge is 0.325 e. The van der Waals surface area contributed by atoms with Gasteiger partial charge in [0.15, 0.2) is 10.8 Å². The SMILES string of the molecule is C=CCC(Cl)C(=O)O.COCC(Cl)C(=O)O.O=C(O)C(Br)C(c1ccccc1)c1ccccc1.O=C(O)C(Br)C1CCCC1.O=C(O)C(Br)C1CCCCC1.O=C(O)C(Cl)COc1ccccc1.O=C(O)C(Cl)Cc1ccccc1. The number of hydrogen-bond donors (Lipinski definition) is 7. The van der Waals surface area contributed by atoms with Gasteiger partial charge >= 0.3 is 41.8 Å². The van der Waals surface area contributed by atoms with Gasteiger partial charge in [0.1, 0.15) is 37.6 Å². The van der Waals surface area contributed by atoms with Crippen LogP contribution >= 0.6 is 94.2 Å². The van der Waals surface area contributed by atoms with Crippen molar-refractivity contribution in [3.63, 3.8) is 0 Å². The van der Waals surface area contributed by atoms with Crippen molar-refractivity contribution in [1.82, 2.24) is 0 Å². The summed E-state index contributed by atoms with van der Waals surface area (Å²) in [5.41, 5.74) is 2.93. The zero-order valence-electron chi connectivity index (χ0n) is 43.7. The zero-order chi connectivity index (χ0) is 60.6. The van der Waals surface area contributed by atoms with Crippen molar-refractivity contribution in [2.24, 2.45) is 11.8 Å². The molecule has 7 atom stereocenters. The Labute approximate surface area is 512 Å². The van der Waals surface area contributed by atoms with Crippen LogP contribution < -0.4 is 4.74 Å². The molecule has 80 heavy (non-hydrogen) atoms. The number of carboxylic acid groups (broad SMARTS) is 7. The lowest BCUT2D eigenvalue weighted by Gasteiger charge is -2.23. The van der Waals surface area contributed by atoms with Gasteiger partial charge in [0.05, 0.1) is 6.61 Å². The number of carboxylic acids is 7. The molecule has 4 aromatic carbocycles. The van der Waals surface area contributed by atoms with Crippen molar-refractivity contribution in [2.45, 2.75) is 113 Å². The van der Waals surface area contributed by atoms with Gasteiger partial charge in [-0.3, -0.25) is 33.6 Å². The van der Waals surface area contributed by atoms with Crippen LogP contribution in [-0.4, -0.2) is 134 Å². The van der Waals surface area contributed by atoms with Crippen LogP contribution in [0.1, 0.15) is 86.8 Å². The topological polar surface area (TPSA) is 280 Å². The molecule has 0 aliphatic heterocycles. The molecule has 0 radical (unpaired) electrons. The van der Waals surface area contributed by atoms with Crippen LogP contribution in [0, 0.1) is 11.8 Å². The van der Waals surface area contributed by atoms with Gasteiger partial charge in [-0.1, -0.05) is 195 Å². The number of allylic oxidation sites excluding steroid dienone is 1. The molecule has 23 heteroatoms. The first-order chi connectivity index (χ1) is 37.9. The van der Waals surface area contributed by atoms with Crippen molar-refractivity contribution in [1.29, 1.82) is 0 Å². The number of methoxy groups -OCH3 is 1. The summed E-state index contributed by atoms with van der Waals surface area (Å²) in [6.07, 6.45) is 12.5. The minimum Gasteiger partial charge on any atom is -0.491 e. The maximum Gasteiger partial charge on any atom is 0.325 e. The van der Waals surface area contributed by atoms with E-state index in [2.05, 4.69) is 59.1 Å². The average molecular weight is 1390 g/mol. The van der Waals surface area contributed by atoms with Crippen LogP contribution in [0.5, 0.6) is 5.75 Å². The first kappa shape index (κ1) is 75.3. The highest BCUT2D eigenvalue weighted by Gasteiger charge is 2.29. The number of halogens is 7. The maximum atomic E-state index is 11.2. The van der Waals surface area contributed by atoms with Gasteiger partial charge < -0.3 is 45.2 Å². The fourth-order valence-corrected chi connectivity index (χ4v) is 9.37. The number of para-hydroxylation sites is 1. The molecular formula is C57H69Br3Cl4O16. The van der Waals surface area contributed by atoms with Crippen LogP contribution in [-0.2, 0) is 44.7 Å². The number of alkyl halides is 7. The van der Waals surface area contributed by atoms with Gasteiger partial charge in [0.2, 0.25) is 0 Å². The van der Waals surface area contributed by atoms with E-state index in [4.69, 9.17) is 81.8 Å². The predicted octanol–water partition coefficient (Wildman–Crippen LogP) is 13.4. The fraction of sp³-hybridized carbons (Fsp3) is 0.421. The molecule has 442 valence electrons. The highest BCUT2D eigenvalue weighted by molar-refractivity contribution is 9.10. The lowest BCUT2D eigenvalue weighted by atomic mass is 9.87. The van der Waals surface area contributed by atoms with E-state index in [1.165, 1.54) is 45.3 Å². The maximum absolute atomic E-state index is 11.2. The molecule has 0 spiro atoms. The van der Waals surface area contributed by atoms with E-state index in [1.807, 2.05) is 97.1 Å². The Kier molecular flexibility index (Phi) is 42.2. The van der Waals surface area contributed by atoms with Crippen LogP contribution in [0.15, 0.2) is 134 Å². The molecule has 2 saturated carbocycles. The van der Waals surface area contributed by atoms with Gasteiger partial charge in [0.25, 0.3) is 0 Å². The molecule has 7 N–H and O–H groups in total. The molecule has 16 nitrogen and oxygen atoms in total. The van der Waals surface area contributed by atoms with E-state index in [9.17, 15) is 38.7 Å². The first-order valence-corrected chi connectivity index (χ1v) is 29.4. The van der Waals surface area contributed by atoms with Crippen molar-refractivity contribution >= 4 is 136 Å². The molecule has 2 aliphatic carbocycles. The second-order valence-corrected chi connectivity index (χ2v) is 22.5. The number of carbonyl (C=O) groups is 7. The summed E-state index contributed by atoms with van der Waals surface area (Å²) in [7, 11) is 1.40. The van der Waals surface area contributed by atoms with Gasteiger partial charge in [-0.2, -0.15) is 0 Å². The summed E-state index contributed by atoms with van der Waals surface area (Å²) in [4.78, 5) is 71.4. The van der Waals surface area contributed by atoms with E-state index >= 15 is 0 Å². The first-order valence-electron chi connectivity index (χ1n) is 24.9. The molecule has 0 bridgehead atoms. The van der Waals surface area contributed by atoms with E-state index in [1.54, 1.807) is 24.3 Å². The van der Waals surface area contributed by atoms with E-state index < -0.39 is 68.1 Å². The number of rotatable bonds is 21. The Bertz CT molecular complexity index is 2330. The summed E-state index contributed by atoms with van der Waals surface area (Å²) in [6.45, 7) is 3.36. The average Bonchev–Trinajstić information content (AvgIpc) is 4.00. The molecule has 0 amide bonds. The monoisotopic (exact) mass is 1390 g/mol. The minimum atomic E-state index is -1.07. The summed E-state index contributed by atoms with van der Waals surface area (Å²) < 4.78 is 9.57. The van der Waals surface area contributed by atoms with E-state index in [-0.39, 0.29) is 28.8 Å². The van der Waals surface area contributed by atoms with Gasteiger partial charge in [-0.25, -0.2) is 0 Å². The molecule has 4 aromatic rings. The second kappa shape index (κ2) is 44.9. The Morgan fingerprint density at radius 1 is 0.500 bits per heavy atom. The van der Waals surface area contributed by atoms with Crippen molar-refractivity contribution in [3.8, 4) is 5.75 Å². The van der Waals surface area contributed by atoms with Gasteiger partial charge in [-0.15, -0.1) is 53.0 Å². The number of benzene rings is 4. The third-order valence-corrected chi connectivity index (χ3v) is 15.9. The molecule has 6 rings (SSSR count). The molecular weight excluding hydrogens is 1320 g/mol. The summed E-state index contributed by atoms with van der Waals surface area (Å²) in [5.74, 6) is -5.20. The number of hydrogen-bond acceptors (Lipinski definition) is 9. The van der Waals surface area contributed by atoms with E-state index in [0.29, 0.717) is 30.4 Å². The molecule has 7 unspecified atom stereocenters. The second-order valence-electron chi connectivity index (χ2n) is 17.5. The third-order valence-electron chi connectivity index (χ3n) is 11.4. The Balaban J connectivity index is 0.000000927. The molecule has 0 saturated heterocycles. The standard InChI is InChI=1S/C15H13BrO2.C9H9ClO3.C9H9ClO2.C8H13BrO2.C7H11BrO2.C5H7ClO2.C4H7ClO3/c16-14(15(17)18)13(11-7-3-1-4-8-11)12-9-5-2-6-10-12;10-8(9(11)12)6-13-7-4-2-1-3-5-7;10-8(9(11)12)6-7-4-2-1-3-5-7;9-7(8(10)11)6-4-2-1-3-5-6;8-6(7(9)10)5-3-1-2-4-5;1-2-3-4(6)5(7)8;1-8-2-3(5)4(6)7/h1-10,13-14H,(H,17,18);1-5,8H,6H2,(H,11,12);1-5,8H,6H2,(H,11,12);6-7H,1-5H2,(H,10,11);5-6H,1-4H2,(H,9,10);2,4H,1,3H2,(H,7,8);3H,2H2,1H3,(H,6,7). The molecule has 2 fully saturated rings. The highest BCUT2D eigenvalue weighted by Crippen LogP contribution is 2.33. The number of ether oxygens (including phenoxy) is 2. The predicted molar refractivity (Wildman–Crippen MR) is 322 cm³/mol. The Hall–Kier alpha value is -4.73. The molecule has 2 aliphatic rings. The Morgan fingerprint density at radius 2 is 0.850 bits per heavy atom. The normalized spacial score (nSPS) is 15.2. The number of aliphatic carboxylic acids is 7. The largest absolute Gasteiger partial charge is 0.491 e. The summed E-state index contributed by atoms with van der Waals surface area (Å²) >= 11 is 31.1. The lowest BCUT2D eigenvalue weighted by Crippen LogP contribution is -2.25. The quantitative estimate of drug-likeness (QED) is 0.0302. The molecule has 0 heterocycles.